The number of hydrogen-bond acceptors (Lipinski definition) is 5. The third-order valence-electron chi connectivity index (χ3n) is 2.35. The lowest BCUT2D eigenvalue weighted by Gasteiger charge is -2.30. The second-order valence-corrected chi connectivity index (χ2v) is 7.41. The van der Waals surface area contributed by atoms with Crippen LogP contribution in [0.25, 0.3) is 0 Å². The van der Waals surface area contributed by atoms with Crippen molar-refractivity contribution in [2.75, 3.05) is 19.8 Å². The average Bonchev–Trinajstić information content (AvgIpc) is 2.34. The van der Waals surface area contributed by atoms with E-state index in [9.17, 15) is 4.79 Å². The third-order valence-corrected chi connectivity index (χ3v) is 5.61. The Balaban J connectivity index is 4.40. The van der Waals surface area contributed by atoms with Crippen molar-refractivity contribution in [3.05, 3.63) is 12.2 Å². The van der Waals surface area contributed by atoms with E-state index in [-0.39, 0.29) is 12.1 Å². The first-order valence-corrected chi connectivity index (χ1v) is 9.08. The van der Waals surface area contributed by atoms with Crippen molar-refractivity contribution in [2.24, 2.45) is 0 Å². The Morgan fingerprint density at radius 1 is 1.20 bits per heavy atom. The number of carbonyl (C=O) groups is 1. The van der Waals surface area contributed by atoms with E-state index >= 15 is 0 Å². The molecule has 0 saturated heterocycles. The van der Waals surface area contributed by atoms with Gasteiger partial charge < -0.3 is 18.0 Å². The van der Waals surface area contributed by atoms with Crippen molar-refractivity contribution in [1.82, 2.24) is 0 Å². The predicted molar refractivity (Wildman–Crippen MR) is 80.4 cm³/mol. The Hall–Kier alpha value is -0.693. The van der Waals surface area contributed by atoms with E-state index < -0.39 is 8.80 Å². The van der Waals surface area contributed by atoms with Crippen LogP contribution in [0, 0.1) is 0 Å². The van der Waals surface area contributed by atoms with Crippen LogP contribution < -0.4 is 0 Å². The molecule has 0 radical (unpaired) electrons. The fraction of sp³-hybridized carbons (Fsp3) is 0.786. The van der Waals surface area contributed by atoms with E-state index in [4.69, 9.17) is 18.0 Å². The Morgan fingerprint density at radius 2 is 1.75 bits per heavy atom. The molecule has 0 aromatic rings. The molecule has 0 aliphatic rings. The molecule has 0 N–H and O–H groups in total. The van der Waals surface area contributed by atoms with Crippen LogP contribution in [0.3, 0.4) is 0 Å². The standard InChI is InChI=1S/C14H28O5Si/c1-7-17-20(18-8-2,19-13(5)6)11-9-10-16-14(15)12(3)4/h13H,3,7-11H2,1-2,4-6H3. The Kier molecular flexibility index (Phi) is 9.74. The average molecular weight is 304 g/mol. The summed E-state index contributed by atoms with van der Waals surface area (Å²) in [4.78, 5) is 11.3. The van der Waals surface area contributed by atoms with E-state index in [1.807, 2.05) is 27.7 Å². The maximum atomic E-state index is 11.3. The van der Waals surface area contributed by atoms with Crippen molar-refractivity contribution < 1.29 is 22.8 Å². The van der Waals surface area contributed by atoms with Crippen LogP contribution in [-0.4, -0.2) is 40.7 Å². The normalized spacial score (nSPS) is 11.7. The van der Waals surface area contributed by atoms with Gasteiger partial charge in [0.2, 0.25) is 0 Å². The monoisotopic (exact) mass is 304 g/mol. The minimum absolute atomic E-state index is 0.0396. The number of rotatable bonds is 11. The van der Waals surface area contributed by atoms with Gasteiger partial charge in [-0.15, -0.1) is 0 Å². The van der Waals surface area contributed by atoms with Gasteiger partial charge in [0.25, 0.3) is 0 Å². The smallest absolute Gasteiger partial charge is 0.462 e. The van der Waals surface area contributed by atoms with Crippen LogP contribution in [0.5, 0.6) is 0 Å². The second-order valence-electron chi connectivity index (χ2n) is 4.74. The number of esters is 1. The van der Waals surface area contributed by atoms with Crippen molar-refractivity contribution in [3.8, 4) is 0 Å². The molecule has 0 spiro atoms. The first-order chi connectivity index (χ1) is 9.37. The van der Waals surface area contributed by atoms with Gasteiger partial charge in [0, 0.05) is 30.9 Å². The molecule has 118 valence electrons. The molecule has 0 aromatic heterocycles. The molecule has 0 atom stereocenters. The van der Waals surface area contributed by atoms with Gasteiger partial charge in [0.1, 0.15) is 0 Å². The highest BCUT2D eigenvalue weighted by Gasteiger charge is 2.41. The Labute approximate surface area is 123 Å². The molecule has 0 amide bonds. The molecule has 0 saturated carbocycles. The zero-order chi connectivity index (χ0) is 15.6. The summed E-state index contributed by atoms with van der Waals surface area (Å²) in [5.41, 5.74) is 0.404. The summed E-state index contributed by atoms with van der Waals surface area (Å²) in [6.07, 6.45) is 0.690. The number of carbonyl (C=O) groups excluding carboxylic acids is 1. The summed E-state index contributed by atoms with van der Waals surface area (Å²) in [6, 6.07) is 0.635. The zero-order valence-corrected chi connectivity index (χ0v) is 14.4. The zero-order valence-electron chi connectivity index (χ0n) is 13.4. The van der Waals surface area contributed by atoms with Gasteiger partial charge in [-0.05, 0) is 41.0 Å². The summed E-state index contributed by atoms with van der Waals surface area (Å²) in [5.74, 6) is -0.366. The molecule has 5 nitrogen and oxygen atoms in total. The Morgan fingerprint density at radius 3 is 2.15 bits per heavy atom. The predicted octanol–water partition coefficient (Wildman–Crippen LogP) is 2.93. The SMILES string of the molecule is C=C(C)C(=O)OCCC[Si](OCC)(OCC)OC(C)C. The molecule has 20 heavy (non-hydrogen) atoms. The second kappa shape index (κ2) is 10.1. The fourth-order valence-electron chi connectivity index (χ4n) is 1.69. The number of hydrogen-bond donors (Lipinski definition) is 0. The van der Waals surface area contributed by atoms with E-state index in [2.05, 4.69) is 6.58 Å². The fourth-order valence-corrected chi connectivity index (χ4v) is 4.49. The van der Waals surface area contributed by atoms with Crippen LogP contribution in [0.2, 0.25) is 6.04 Å². The molecule has 0 unspecified atom stereocenters. The van der Waals surface area contributed by atoms with Gasteiger partial charge in [0.15, 0.2) is 0 Å². The summed E-state index contributed by atoms with van der Waals surface area (Å²) < 4.78 is 22.5. The maximum Gasteiger partial charge on any atom is 0.501 e. The highest BCUT2D eigenvalue weighted by molar-refractivity contribution is 6.60. The van der Waals surface area contributed by atoms with Gasteiger partial charge in [0.05, 0.1) is 6.61 Å². The van der Waals surface area contributed by atoms with Crippen molar-refractivity contribution >= 4 is 14.8 Å². The Bertz CT molecular complexity index is 298. The minimum atomic E-state index is -2.67. The summed E-state index contributed by atoms with van der Waals surface area (Å²) >= 11 is 0. The molecular weight excluding hydrogens is 276 g/mol. The van der Waals surface area contributed by atoms with Crippen LogP contribution in [0.15, 0.2) is 12.2 Å². The summed E-state index contributed by atoms with van der Waals surface area (Å²) in [5, 5.41) is 0. The lowest BCUT2D eigenvalue weighted by atomic mass is 10.4. The molecule has 6 heteroatoms. The molecule has 0 heterocycles. The van der Waals surface area contributed by atoms with Gasteiger partial charge in [-0.2, -0.15) is 0 Å². The third kappa shape index (κ3) is 7.79. The van der Waals surface area contributed by atoms with E-state index in [1.165, 1.54) is 0 Å². The minimum Gasteiger partial charge on any atom is -0.462 e. The quantitative estimate of drug-likeness (QED) is 0.254. The molecule has 0 fully saturated rings. The van der Waals surface area contributed by atoms with Gasteiger partial charge >= 0.3 is 14.8 Å². The first-order valence-electron chi connectivity index (χ1n) is 7.15. The lowest BCUT2D eigenvalue weighted by Crippen LogP contribution is -2.47. The van der Waals surface area contributed by atoms with Crippen LogP contribution in [-0.2, 0) is 22.8 Å². The molecule has 0 rings (SSSR count). The van der Waals surface area contributed by atoms with Crippen molar-refractivity contribution in [2.45, 2.75) is 53.2 Å². The van der Waals surface area contributed by atoms with E-state index in [0.29, 0.717) is 37.9 Å². The molecule has 0 aliphatic carbocycles. The van der Waals surface area contributed by atoms with Gasteiger partial charge in [-0.3, -0.25) is 0 Å². The highest BCUT2D eigenvalue weighted by atomic mass is 28.4. The van der Waals surface area contributed by atoms with Crippen LogP contribution in [0.1, 0.15) is 41.0 Å². The molecule has 0 aromatic carbocycles. The van der Waals surface area contributed by atoms with E-state index in [0.717, 1.165) is 0 Å². The largest absolute Gasteiger partial charge is 0.501 e. The molecule has 0 bridgehead atoms. The van der Waals surface area contributed by atoms with Crippen molar-refractivity contribution in [3.63, 3.8) is 0 Å². The van der Waals surface area contributed by atoms with Crippen LogP contribution in [0.4, 0.5) is 0 Å². The number of ether oxygens (including phenoxy) is 1. The highest BCUT2D eigenvalue weighted by Crippen LogP contribution is 2.20. The van der Waals surface area contributed by atoms with E-state index in [1.54, 1.807) is 6.92 Å². The van der Waals surface area contributed by atoms with Gasteiger partial charge in [-0.25, -0.2) is 4.79 Å². The molecular formula is C14H28O5Si. The van der Waals surface area contributed by atoms with Crippen molar-refractivity contribution in [1.29, 1.82) is 0 Å². The maximum absolute atomic E-state index is 11.3. The molecule has 0 aliphatic heterocycles. The van der Waals surface area contributed by atoms with Gasteiger partial charge in [-0.1, -0.05) is 6.58 Å². The van der Waals surface area contributed by atoms with Crippen LogP contribution >= 0.6 is 0 Å². The summed E-state index contributed by atoms with van der Waals surface area (Å²) in [6.45, 7) is 14.3. The lowest BCUT2D eigenvalue weighted by molar-refractivity contribution is -0.139. The first kappa shape index (κ1) is 19.3. The topological polar surface area (TPSA) is 54.0 Å². The summed E-state index contributed by atoms with van der Waals surface area (Å²) in [7, 11) is -2.67.